The van der Waals surface area contributed by atoms with E-state index in [0.717, 1.165) is 22.0 Å². The third-order valence-corrected chi connectivity index (χ3v) is 7.25. The molecule has 7 nitrogen and oxygen atoms in total. The van der Waals surface area contributed by atoms with Crippen LogP contribution in [0.5, 0.6) is 11.5 Å². The van der Waals surface area contributed by atoms with Gasteiger partial charge in [-0.25, -0.2) is 8.42 Å². The number of hydrogen-bond acceptors (Lipinski definition) is 5. The van der Waals surface area contributed by atoms with Gasteiger partial charge in [0.2, 0.25) is 5.91 Å². The van der Waals surface area contributed by atoms with Crippen LogP contribution < -0.4 is 19.1 Å². The first-order chi connectivity index (χ1) is 16.8. The van der Waals surface area contributed by atoms with E-state index >= 15 is 0 Å². The Labute approximate surface area is 211 Å². The summed E-state index contributed by atoms with van der Waals surface area (Å²) in [5, 5.41) is 3.24. The Balaban J connectivity index is 1.75. The molecule has 0 aromatic heterocycles. The maximum Gasteiger partial charge on any atom is 0.264 e. The molecular weight excluding hydrogens is 488 g/mol. The molecule has 0 saturated carbocycles. The fourth-order valence-electron chi connectivity index (χ4n) is 3.51. The highest BCUT2D eigenvalue weighted by Crippen LogP contribution is 2.32. The first-order valence-electron chi connectivity index (χ1n) is 11.2. The number of amides is 1. The summed E-state index contributed by atoms with van der Waals surface area (Å²) in [6.45, 7) is 2.17. The molecule has 0 aliphatic rings. The molecule has 1 amide bonds. The Bertz CT molecular complexity index is 1230. The smallest absolute Gasteiger partial charge is 0.264 e. The first kappa shape index (κ1) is 26.4. The van der Waals surface area contributed by atoms with Gasteiger partial charge in [-0.2, -0.15) is 0 Å². The summed E-state index contributed by atoms with van der Waals surface area (Å²) in [6.07, 6.45) is 1.44. The Morgan fingerprint density at radius 3 is 2.49 bits per heavy atom. The van der Waals surface area contributed by atoms with Gasteiger partial charge in [0.25, 0.3) is 10.0 Å². The van der Waals surface area contributed by atoms with Gasteiger partial charge in [-0.3, -0.25) is 9.10 Å². The van der Waals surface area contributed by atoms with Crippen molar-refractivity contribution in [2.24, 2.45) is 0 Å². The van der Waals surface area contributed by atoms with Crippen molar-refractivity contribution in [2.75, 3.05) is 31.1 Å². The molecule has 0 spiro atoms. The van der Waals surface area contributed by atoms with Crippen molar-refractivity contribution in [3.63, 3.8) is 0 Å². The summed E-state index contributed by atoms with van der Waals surface area (Å²) in [5.74, 6) is 0.736. The number of nitrogens with zero attached hydrogens (tertiary/aromatic N) is 1. The molecule has 3 aromatic carbocycles. The summed E-state index contributed by atoms with van der Waals surface area (Å²) in [5.41, 5.74) is 1.38. The molecule has 0 aliphatic carbocycles. The van der Waals surface area contributed by atoms with Crippen LogP contribution in [-0.2, 0) is 21.2 Å². The number of halogens is 1. The minimum absolute atomic E-state index is 0.0269. The largest absolute Gasteiger partial charge is 0.497 e. The number of para-hydroxylation sites is 2. The standard InChI is InChI=1S/C26H29ClN2O5S/c1-3-34-25-12-5-4-11-24(25)29(35(31,32)23-15-13-21(27)14-16-23)19-26(30)28-17-7-9-20-8-6-10-22(18-20)33-2/h4-6,8,10-16,18H,3,7,9,17,19H2,1-2H3,(H,28,30). The lowest BCUT2D eigenvalue weighted by atomic mass is 10.1. The Kier molecular flexibility index (Phi) is 9.39. The lowest BCUT2D eigenvalue weighted by Gasteiger charge is -2.26. The van der Waals surface area contributed by atoms with Crippen molar-refractivity contribution in [1.29, 1.82) is 0 Å². The number of aryl methyl sites for hydroxylation is 1. The lowest BCUT2D eigenvalue weighted by molar-refractivity contribution is -0.119. The van der Waals surface area contributed by atoms with Crippen LogP contribution in [-0.4, -0.2) is 41.1 Å². The van der Waals surface area contributed by atoms with E-state index in [-0.39, 0.29) is 10.6 Å². The number of carbonyl (C=O) groups is 1. The molecule has 186 valence electrons. The second-order valence-electron chi connectivity index (χ2n) is 7.67. The number of methoxy groups -OCH3 is 1. The average molecular weight is 517 g/mol. The van der Waals surface area contributed by atoms with Gasteiger partial charge in [0, 0.05) is 11.6 Å². The molecular formula is C26H29ClN2O5S. The number of anilines is 1. The highest BCUT2D eigenvalue weighted by Gasteiger charge is 2.29. The van der Waals surface area contributed by atoms with Gasteiger partial charge < -0.3 is 14.8 Å². The second kappa shape index (κ2) is 12.5. The normalized spacial score (nSPS) is 11.1. The number of carbonyl (C=O) groups excluding carboxylic acids is 1. The number of benzene rings is 3. The Morgan fingerprint density at radius 2 is 1.77 bits per heavy atom. The summed E-state index contributed by atoms with van der Waals surface area (Å²) in [6, 6.07) is 20.3. The third-order valence-electron chi connectivity index (χ3n) is 5.22. The summed E-state index contributed by atoms with van der Waals surface area (Å²) < 4.78 is 39.0. The van der Waals surface area contributed by atoms with Crippen LogP contribution >= 0.6 is 11.6 Å². The number of hydrogen-bond donors (Lipinski definition) is 1. The summed E-state index contributed by atoms with van der Waals surface area (Å²) in [4.78, 5) is 12.9. The van der Waals surface area contributed by atoms with Crippen molar-refractivity contribution >= 4 is 33.2 Å². The zero-order valence-corrected chi connectivity index (χ0v) is 21.3. The quantitative estimate of drug-likeness (QED) is 0.353. The highest BCUT2D eigenvalue weighted by atomic mass is 35.5. The molecule has 0 saturated heterocycles. The number of ether oxygens (including phenoxy) is 2. The molecule has 0 unspecified atom stereocenters. The van der Waals surface area contributed by atoms with Crippen molar-refractivity contribution in [3.05, 3.63) is 83.4 Å². The van der Waals surface area contributed by atoms with Crippen LogP contribution in [0.25, 0.3) is 0 Å². The van der Waals surface area contributed by atoms with E-state index in [1.807, 2.05) is 31.2 Å². The van der Waals surface area contributed by atoms with Crippen LogP contribution in [0.15, 0.2) is 77.7 Å². The minimum atomic E-state index is -4.07. The molecule has 0 atom stereocenters. The molecule has 9 heteroatoms. The molecule has 0 heterocycles. The summed E-state index contributed by atoms with van der Waals surface area (Å²) >= 11 is 5.94. The van der Waals surface area contributed by atoms with Crippen LogP contribution in [0.3, 0.4) is 0 Å². The van der Waals surface area contributed by atoms with E-state index in [1.54, 1.807) is 31.4 Å². The fourth-order valence-corrected chi connectivity index (χ4v) is 5.07. The van der Waals surface area contributed by atoms with Gasteiger partial charge in [-0.1, -0.05) is 35.9 Å². The van der Waals surface area contributed by atoms with E-state index in [4.69, 9.17) is 21.1 Å². The van der Waals surface area contributed by atoms with E-state index in [9.17, 15) is 13.2 Å². The predicted octanol–water partition coefficient (Wildman–Crippen LogP) is 4.69. The van der Waals surface area contributed by atoms with Crippen molar-refractivity contribution < 1.29 is 22.7 Å². The molecule has 3 aromatic rings. The molecule has 0 fully saturated rings. The van der Waals surface area contributed by atoms with Crippen LogP contribution in [0.2, 0.25) is 5.02 Å². The number of nitrogens with one attached hydrogen (secondary N) is 1. The zero-order chi connectivity index (χ0) is 25.3. The SMILES string of the molecule is CCOc1ccccc1N(CC(=O)NCCCc1cccc(OC)c1)S(=O)(=O)c1ccc(Cl)cc1. The Morgan fingerprint density at radius 1 is 1.03 bits per heavy atom. The van der Waals surface area contributed by atoms with Gasteiger partial charge in [0.05, 0.1) is 24.3 Å². The van der Waals surface area contributed by atoms with Crippen molar-refractivity contribution in [1.82, 2.24) is 5.32 Å². The van der Waals surface area contributed by atoms with Crippen LogP contribution in [0, 0.1) is 0 Å². The van der Waals surface area contributed by atoms with E-state index in [0.29, 0.717) is 30.3 Å². The topological polar surface area (TPSA) is 84.9 Å². The molecule has 0 bridgehead atoms. The van der Waals surface area contributed by atoms with Gasteiger partial charge in [0.1, 0.15) is 18.0 Å². The van der Waals surface area contributed by atoms with E-state index < -0.39 is 22.5 Å². The number of sulfonamides is 1. The fraction of sp³-hybridized carbons (Fsp3) is 0.269. The minimum Gasteiger partial charge on any atom is -0.497 e. The van der Waals surface area contributed by atoms with Crippen molar-refractivity contribution in [3.8, 4) is 11.5 Å². The molecule has 3 rings (SSSR count). The molecule has 0 aliphatic heterocycles. The van der Waals surface area contributed by atoms with Crippen molar-refractivity contribution in [2.45, 2.75) is 24.7 Å². The summed E-state index contributed by atoms with van der Waals surface area (Å²) in [7, 11) is -2.45. The lowest BCUT2D eigenvalue weighted by Crippen LogP contribution is -2.41. The molecule has 0 radical (unpaired) electrons. The highest BCUT2D eigenvalue weighted by molar-refractivity contribution is 7.92. The monoisotopic (exact) mass is 516 g/mol. The third kappa shape index (κ3) is 7.13. The van der Waals surface area contributed by atoms with Crippen LogP contribution in [0.1, 0.15) is 18.9 Å². The second-order valence-corrected chi connectivity index (χ2v) is 9.97. The van der Waals surface area contributed by atoms with Gasteiger partial charge in [-0.05, 0) is 73.9 Å². The predicted molar refractivity (Wildman–Crippen MR) is 138 cm³/mol. The van der Waals surface area contributed by atoms with E-state index in [1.165, 1.54) is 24.3 Å². The first-order valence-corrected chi connectivity index (χ1v) is 13.1. The van der Waals surface area contributed by atoms with Gasteiger partial charge >= 0.3 is 0 Å². The maximum atomic E-state index is 13.5. The average Bonchev–Trinajstić information content (AvgIpc) is 2.86. The maximum absolute atomic E-state index is 13.5. The van der Waals surface area contributed by atoms with Gasteiger partial charge in [-0.15, -0.1) is 0 Å². The molecule has 1 N–H and O–H groups in total. The Hall–Kier alpha value is -3.23. The van der Waals surface area contributed by atoms with Gasteiger partial charge in [0.15, 0.2) is 0 Å². The zero-order valence-electron chi connectivity index (χ0n) is 19.7. The van der Waals surface area contributed by atoms with Crippen LogP contribution in [0.4, 0.5) is 5.69 Å². The number of rotatable bonds is 12. The van der Waals surface area contributed by atoms with E-state index in [2.05, 4.69) is 5.32 Å². The molecule has 35 heavy (non-hydrogen) atoms.